The highest BCUT2D eigenvalue weighted by Gasteiger charge is 2.26. The summed E-state index contributed by atoms with van der Waals surface area (Å²) >= 11 is 0. The molecule has 16 heavy (non-hydrogen) atoms. The van der Waals surface area contributed by atoms with Crippen molar-refractivity contribution < 1.29 is 9.53 Å². The van der Waals surface area contributed by atoms with Gasteiger partial charge >= 0.3 is 0 Å². The Hall–Kier alpha value is -0.610. The van der Waals surface area contributed by atoms with Gasteiger partial charge in [-0.2, -0.15) is 0 Å². The number of ether oxygens (including phenoxy) is 1. The largest absolute Gasteiger partial charge is 0.381 e. The quantitative estimate of drug-likeness (QED) is 0.767. The van der Waals surface area contributed by atoms with Gasteiger partial charge in [0.25, 0.3) is 0 Å². The van der Waals surface area contributed by atoms with Gasteiger partial charge in [-0.1, -0.05) is 0 Å². The van der Waals surface area contributed by atoms with Gasteiger partial charge in [-0.25, -0.2) is 0 Å². The van der Waals surface area contributed by atoms with E-state index in [1.165, 1.54) is 0 Å². The lowest BCUT2D eigenvalue weighted by atomic mass is 9.99. The molecule has 4 heteroatoms. The predicted octanol–water partition coefficient (Wildman–Crippen LogP) is 0.623. The molecule has 1 N–H and O–H groups in total. The van der Waals surface area contributed by atoms with Crippen LogP contribution >= 0.6 is 0 Å². The van der Waals surface area contributed by atoms with Crippen LogP contribution in [0.15, 0.2) is 0 Å². The maximum Gasteiger partial charge on any atom is 0.239 e. The third kappa shape index (κ3) is 2.95. The van der Waals surface area contributed by atoms with Crippen LogP contribution in [0.1, 0.15) is 25.7 Å². The van der Waals surface area contributed by atoms with Gasteiger partial charge in [-0.15, -0.1) is 0 Å². The Labute approximate surface area is 97.3 Å². The van der Waals surface area contributed by atoms with Crippen molar-refractivity contribution >= 4 is 5.91 Å². The summed E-state index contributed by atoms with van der Waals surface area (Å²) in [6.45, 7) is 3.59. The zero-order chi connectivity index (χ0) is 11.4. The van der Waals surface area contributed by atoms with Crippen molar-refractivity contribution in [2.75, 3.05) is 33.4 Å². The normalized spacial score (nSPS) is 26.9. The number of likely N-dealkylation sites (N-methyl/N-ethyl adjacent to an activating group) is 1. The predicted molar refractivity (Wildman–Crippen MR) is 62.2 cm³/mol. The van der Waals surface area contributed by atoms with Crippen LogP contribution < -0.4 is 5.32 Å². The first-order valence-electron chi connectivity index (χ1n) is 6.33. The Bertz CT molecular complexity index is 233. The highest BCUT2D eigenvalue weighted by Crippen LogP contribution is 2.16. The molecule has 2 fully saturated rings. The molecule has 0 bridgehead atoms. The number of nitrogens with one attached hydrogen (secondary N) is 1. The molecule has 4 nitrogen and oxygen atoms in total. The lowest BCUT2D eigenvalue weighted by molar-refractivity contribution is -0.132. The highest BCUT2D eigenvalue weighted by atomic mass is 16.5. The van der Waals surface area contributed by atoms with Crippen molar-refractivity contribution in [2.24, 2.45) is 5.92 Å². The summed E-state index contributed by atoms with van der Waals surface area (Å²) in [6.07, 6.45) is 4.31. The van der Waals surface area contributed by atoms with Crippen LogP contribution in [0.3, 0.4) is 0 Å². The Morgan fingerprint density at radius 3 is 2.75 bits per heavy atom. The molecule has 2 saturated heterocycles. The fourth-order valence-corrected chi connectivity index (χ4v) is 2.57. The molecule has 0 aromatic carbocycles. The molecular weight excluding hydrogens is 204 g/mol. The van der Waals surface area contributed by atoms with Gasteiger partial charge in [0.05, 0.1) is 6.04 Å². The van der Waals surface area contributed by atoms with Crippen molar-refractivity contribution in [1.29, 1.82) is 0 Å². The van der Waals surface area contributed by atoms with Crippen LogP contribution in [-0.2, 0) is 9.53 Å². The molecule has 2 aliphatic rings. The average Bonchev–Trinajstić information content (AvgIpc) is 2.83. The second-order valence-corrected chi connectivity index (χ2v) is 4.92. The van der Waals surface area contributed by atoms with Crippen LogP contribution in [0.2, 0.25) is 0 Å². The van der Waals surface area contributed by atoms with Crippen molar-refractivity contribution in [3.8, 4) is 0 Å². The van der Waals surface area contributed by atoms with Gasteiger partial charge in [0.2, 0.25) is 5.91 Å². The van der Waals surface area contributed by atoms with Crippen LogP contribution in [0.5, 0.6) is 0 Å². The first-order valence-corrected chi connectivity index (χ1v) is 6.33. The fourth-order valence-electron chi connectivity index (χ4n) is 2.57. The van der Waals surface area contributed by atoms with E-state index < -0.39 is 0 Å². The van der Waals surface area contributed by atoms with Gasteiger partial charge in [-0.05, 0) is 38.1 Å². The molecule has 0 spiro atoms. The maximum absolute atomic E-state index is 12.1. The number of hydrogen-bond donors (Lipinski definition) is 1. The molecule has 2 heterocycles. The monoisotopic (exact) mass is 226 g/mol. The molecule has 0 aliphatic carbocycles. The second kappa shape index (κ2) is 5.64. The third-order valence-corrected chi connectivity index (χ3v) is 3.61. The third-order valence-electron chi connectivity index (χ3n) is 3.61. The second-order valence-electron chi connectivity index (χ2n) is 4.92. The van der Waals surface area contributed by atoms with Crippen molar-refractivity contribution in [1.82, 2.24) is 10.2 Å². The Morgan fingerprint density at radius 1 is 1.38 bits per heavy atom. The lowest BCUT2D eigenvalue weighted by Crippen LogP contribution is -2.44. The number of nitrogens with zero attached hydrogens (tertiary/aromatic N) is 1. The van der Waals surface area contributed by atoms with Gasteiger partial charge in [0.1, 0.15) is 0 Å². The summed E-state index contributed by atoms with van der Waals surface area (Å²) in [5, 5.41) is 3.26. The number of amides is 1. The van der Waals surface area contributed by atoms with E-state index in [2.05, 4.69) is 5.32 Å². The van der Waals surface area contributed by atoms with E-state index in [9.17, 15) is 4.79 Å². The van der Waals surface area contributed by atoms with Gasteiger partial charge in [-0.3, -0.25) is 4.79 Å². The van der Waals surface area contributed by atoms with E-state index in [1.807, 2.05) is 11.9 Å². The zero-order valence-electron chi connectivity index (χ0n) is 10.1. The van der Waals surface area contributed by atoms with E-state index in [1.54, 1.807) is 0 Å². The average molecular weight is 226 g/mol. The van der Waals surface area contributed by atoms with Gasteiger partial charge in [0, 0.05) is 26.8 Å². The van der Waals surface area contributed by atoms with Crippen LogP contribution in [0.25, 0.3) is 0 Å². The number of carbonyl (C=O) groups excluding carboxylic acids is 1. The number of rotatable bonds is 3. The minimum absolute atomic E-state index is 0.0739. The molecule has 0 saturated carbocycles. The summed E-state index contributed by atoms with van der Waals surface area (Å²) in [4.78, 5) is 14.0. The minimum Gasteiger partial charge on any atom is -0.381 e. The molecular formula is C12H22N2O2. The molecule has 1 amide bonds. The molecule has 0 aromatic heterocycles. The van der Waals surface area contributed by atoms with Gasteiger partial charge < -0.3 is 15.0 Å². The maximum atomic E-state index is 12.1. The summed E-state index contributed by atoms with van der Waals surface area (Å²) in [7, 11) is 1.93. The Kier molecular flexibility index (Phi) is 4.18. The smallest absolute Gasteiger partial charge is 0.239 e. The summed E-state index contributed by atoms with van der Waals surface area (Å²) in [5.74, 6) is 0.896. The molecule has 0 aromatic rings. The van der Waals surface area contributed by atoms with Gasteiger partial charge in [0.15, 0.2) is 0 Å². The molecule has 2 rings (SSSR count). The van der Waals surface area contributed by atoms with E-state index in [-0.39, 0.29) is 11.9 Å². The first kappa shape index (κ1) is 11.9. The van der Waals surface area contributed by atoms with Crippen LogP contribution in [0.4, 0.5) is 0 Å². The van der Waals surface area contributed by atoms with Crippen molar-refractivity contribution in [2.45, 2.75) is 31.7 Å². The molecule has 2 aliphatic heterocycles. The first-order chi connectivity index (χ1) is 7.77. The highest BCUT2D eigenvalue weighted by molar-refractivity contribution is 5.81. The summed E-state index contributed by atoms with van der Waals surface area (Å²) in [5.41, 5.74) is 0. The number of carbonyl (C=O) groups is 1. The van der Waals surface area contributed by atoms with E-state index >= 15 is 0 Å². The Balaban J connectivity index is 1.77. The van der Waals surface area contributed by atoms with Crippen LogP contribution in [-0.4, -0.2) is 50.2 Å². The topological polar surface area (TPSA) is 41.6 Å². The van der Waals surface area contributed by atoms with E-state index in [4.69, 9.17) is 4.74 Å². The molecule has 1 atom stereocenters. The lowest BCUT2D eigenvalue weighted by Gasteiger charge is -2.28. The standard InChI is InChI=1S/C12H22N2O2/c1-14(9-10-4-7-16-8-5-10)12(15)11-3-2-6-13-11/h10-11,13H,2-9H2,1H3/t11-/m0/s1. The zero-order valence-corrected chi connectivity index (χ0v) is 10.1. The van der Waals surface area contributed by atoms with E-state index in [0.29, 0.717) is 5.92 Å². The molecule has 92 valence electrons. The molecule has 0 radical (unpaired) electrons. The van der Waals surface area contributed by atoms with Crippen LogP contribution in [0, 0.1) is 5.92 Å². The summed E-state index contributed by atoms with van der Waals surface area (Å²) < 4.78 is 5.33. The Morgan fingerprint density at radius 2 is 2.12 bits per heavy atom. The minimum atomic E-state index is 0.0739. The van der Waals surface area contributed by atoms with E-state index in [0.717, 1.165) is 52.0 Å². The number of hydrogen-bond acceptors (Lipinski definition) is 3. The molecule has 0 unspecified atom stereocenters. The summed E-state index contributed by atoms with van der Waals surface area (Å²) in [6, 6.07) is 0.0739. The van der Waals surface area contributed by atoms with Crippen molar-refractivity contribution in [3.63, 3.8) is 0 Å². The van der Waals surface area contributed by atoms with Crippen molar-refractivity contribution in [3.05, 3.63) is 0 Å². The fraction of sp³-hybridized carbons (Fsp3) is 0.917. The SMILES string of the molecule is CN(CC1CCOCC1)C(=O)[C@@H]1CCCN1.